The van der Waals surface area contributed by atoms with Crippen LogP contribution in [0.1, 0.15) is 21.6 Å². The number of hydrogen-bond acceptors (Lipinski definition) is 3. The van der Waals surface area contributed by atoms with Crippen LogP contribution >= 0.6 is 0 Å². The van der Waals surface area contributed by atoms with Crippen molar-refractivity contribution in [1.29, 1.82) is 5.26 Å². The first-order chi connectivity index (χ1) is 9.95. The molecular weight excluding hydrogens is 266 g/mol. The Morgan fingerprint density at radius 3 is 2.52 bits per heavy atom. The van der Waals surface area contributed by atoms with Crippen LogP contribution in [0.25, 0.3) is 11.1 Å². The lowest BCUT2D eigenvalue weighted by atomic mass is 9.95. The van der Waals surface area contributed by atoms with Crippen molar-refractivity contribution in [2.75, 3.05) is 14.1 Å². The number of pyridine rings is 1. The van der Waals surface area contributed by atoms with Gasteiger partial charge >= 0.3 is 0 Å². The molecular formula is C16H15N3O2. The number of aromatic amines is 1. The summed E-state index contributed by atoms with van der Waals surface area (Å²) in [7, 11) is 3.32. The highest BCUT2D eigenvalue weighted by molar-refractivity contribution is 6.01. The molecule has 1 aromatic carbocycles. The Labute approximate surface area is 122 Å². The van der Waals surface area contributed by atoms with Gasteiger partial charge in [-0.25, -0.2) is 0 Å². The van der Waals surface area contributed by atoms with Crippen LogP contribution in [0.2, 0.25) is 0 Å². The van der Waals surface area contributed by atoms with E-state index < -0.39 is 5.56 Å². The summed E-state index contributed by atoms with van der Waals surface area (Å²) in [6.45, 7) is 1.74. The van der Waals surface area contributed by atoms with Gasteiger partial charge in [0.25, 0.3) is 11.5 Å². The van der Waals surface area contributed by atoms with E-state index in [4.69, 9.17) is 0 Å². The van der Waals surface area contributed by atoms with Gasteiger partial charge in [-0.15, -0.1) is 0 Å². The number of hydrogen-bond donors (Lipinski definition) is 1. The minimum Gasteiger partial charge on any atom is -0.345 e. The van der Waals surface area contributed by atoms with Crippen molar-refractivity contribution >= 4 is 5.91 Å². The third-order valence-corrected chi connectivity index (χ3v) is 3.13. The molecule has 1 amide bonds. The molecule has 0 aliphatic rings. The highest BCUT2D eigenvalue weighted by atomic mass is 16.2. The van der Waals surface area contributed by atoms with E-state index in [9.17, 15) is 14.9 Å². The van der Waals surface area contributed by atoms with Gasteiger partial charge in [0.2, 0.25) is 0 Å². The molecule has 0 saturated carbocycles. The maximum atomic E-state index is 12.3. The number of benzene rings is 1. The third kappa shape index (κ3) is 2.70. The van der Waals surface area contributed by atoms with Crippen LogP contribution in [0.3, 0.4) is 0 Å². The first-order valence-corrected chi connectivity index (χ1v) is 6.40. The molecule has 0 saturated heterocycles. The van der Waals surface area contributed by atoms with Gasteiger partial charge in [-0.3, -0.25) is 9.59 Å². The zero-order chi connectivity index (χ0) is 15.6. The van der Waals surface area contributed by atoms with Crippen molar-refractivity contribution in [2.24, 2.45) is 0 Å². The molecule has 0 spiro atoms. The van der Waals surface area contributed by atoms with E-state index in [1.807, 2.05) is 6.07 Å². The highest BCUT2D eigenvalue weighted by Crippen LogP contribution is 2.26. The van der Waals surface area contributed by atoms with Gasteiger partial charge in [0.15, 0.2) is 0 Å². The molecule has 5 nitrogen and oxygen atoms in total. The maximum absolute atomic E-state index is 12.3. The highest BCUT2D eigenvalue weighted by Gasteiger charge is 2.18. The molecule has 0 bridgehead atoms. The van der Waals surface area contributed by atoms with Crippen LogP contribution in [-0.2, 0) is 0 Å². The smallest absolute Gasteiger partial charge is 0.266 e. The third-order valence-electron chi connectivity index (χ3n) is 3.13. The summed E-state index contributed by atoms with van der Waals surface area (Å²) in [5.74, 6) is -0.174. The average Bonchev–Trinajstić information content (AvgIpc) is 2.45. The van der Waals surface area contributed by atoms with E-state index in [-0.39, 0.29) is 11.5 Å². The normalized spacial score (nSPS) is 10.0. The number of nitriles is 1. The predicted octanol–water partition coefficient (Wildman–Crippen LogP) is 1.92. The Bertz CT molecular complexity index is 798. The molecule has 1 aromatic heterocycles. The fourth-order valence-corrected chi connectivity index (χ4v) is 2.16. The van der Waals surface area contributed by atoms with Gasteiger partial charge in [0.05, 0.1) is 0 Å². The summed E-state index contributed by atoms with van der Waals surface area (Å²) in [4.78, 5) is 28.2. The Balaban J connectivity index is 2.78. The van der Waals surface area contributed by atoms with E-state index in [1.165, 1.54) is 4.90 Å². The molecule has 2 rings (SSSR count). The number of aromatic nitrogens is 1. The zero-order valence-corrected chi connectivity index (χ0v) is 12.1. The Morgan fingerprint density at radius 1 is 1.24 bits per heavy atom. The lowest BCUT2D eigenvalue weighted by Crippen LogP contribution is -2.22. The fraction of sp³-hybridized carbons (Fsp3) is 0.188. The van der Waals surface area contributed by atoms with Crippen LogP contribution in [0.15, 0.2) is 35.1 Å². The number of aryl methyl sites for hydroxylation is 1. The first-order valence-electron chi connectivity index (χ1n) is 6.40. The minimum atomic E-state index is -0.445. The molecule has 1 N–H and O–H groups in total. The van der Waals surface area contributed by atoms with Crippen LogP contribution in [0.4, 0.5) is 0 Å². The lowest BCUT2D eigenvalue weighted by Gasteiger charge is -2.15. The van der Waals surface area contributed by atoms with E-state index in [0.29, 0.717) is 22.4 Å². The second kappa shape index (κ2) is 5.63. The Morgan fingerprint density at radius 2 is 1.90 bits per heavy atom. The fourth-order valence-electron chi connectivity index (χ4n) is 2.16. The number of carbonyl (C=O) groups excluding carboxylic acids is 1. The Hall–Kier alpha value is -2.87. The summed E-state index contributed by atoms with van der Waals surface area (Å²) < 4.78 is 0. The zero-order valence-electron chi connectivity index (χ0n) is 12.1. The van der Waals surface area contributed by atoms with Crippen molar-refractivity contribution in [2.45, 2.75) is 6.92 Å². The molecule has 0 aliphatic carbocycles. The number of carbonyl (C=O) groups is 1. The monoisotopic (exact) mass is 281 g/mol. The lowest BCUT2D eigenvalue weighted by molar-refractivity contribution is 0.0828. The quantitative estimate of drug-likeness (QED) is 0.913. The van der Waals surface area contributed by atoms with E-state index >= 15 is 0 Å². The van der Waals surface area contributed by atoms with Crippen molar-refractivity contribution in [3.63, 3.8) is 0 Å². The molecule has 2 aromatic rings. The summed E-state index contributed by atoms with van der Waals surface area (Å²) >= 11 is 0. The molecule has 1 heterocycles. The van der Waals surface area contributed by atoms with Crippen LogP contribution < -0.4 is 5.56 Å². The summed E-state index contributed by atoms with van der Waals surface area (Å²) in [6, 6.07) is 10.6. The molecule has 0 aliphatic heterocycles. The number of amides is 1. The molecule has 106 valence electrons. The van der Waals surface area contributed by atoms with E-state index in [2.05, 4.69) is 4.98 Å². The maximum Gasteiger partial charge on any atom is 0.266 e. The molecule has 5 heteroatoms. The molecule has 0 radical (unpaired) electrons. The average molecular weight is 281 g/mol. The van der Waals surface area contributed by atoms with Crippen LogP contribution in [-0.4, -0.2) is 29.9 Å². The van der Waals surface area contributed by atoms with Gasteiger partial charge in [-0.05, 0) is 24.6 Å². The van der Waals surface area contributed by atoms with Gasteiger partial charge in [-0.1, -0.05) is 18.2 Å². The molecule has 0 atom stereocenters. The van der Waals surface area contributed by atoms with Gasteiger partial charge < -0.3 is 9.88 Å². The van der Waals surface area contributed by atoms with Crippen LogP contribution in [0.5, 0.6) is 0 Å². The van der Waals surface area contributed by atoms with Crippen molar-refractivity contribution in [3.8, 4) is 17.2 Å². The molecule has 21 heavy (non-hydrogen) atoms. The minimum absolute atomic E-state index is 0.0135. The summed E-state index contributed by atoms with van der Waals surface area (Å²) in [5, 5.41) is 9.22. The molecule has 0 fully saturated rings. The van der Waals surface area contributed by atoms with Crippen molar-refractivity contribution in [1.82, 2.24) is 9.88 Å². The standard InChI is InChI=1S/C16H15N3O2/c1-10-8-13(14(9-17)15(20)18-10)11-6-4-5-7-12(11)16(21)19(2)3/h4-8H,1-3H3,(H,18,20). The van der Waals surface area contributed by atoms with Gasteiger partial charge in [0, 0.05) is 30.9 Å². The first kappa shape index (κ1) is 14.5. The van der Waals surface area contributed by atoms with E-state index in [0.717, 1.165) is 0 Å². The number of nitrogens with one attached hydrogen (secondary N) is 1. The molecule has 0 unspecified atom stereocenters. The summed E-state index contributed by atoms with van der Waals surface area (Å²) in [6.07, 6.45) is 0. The Kier molecular flexibility index (Phi) is 3.90. The number of nitrogens with zero attached hydrogens (tertiary/aromatic N) is 2. The van der Waals surface area contributed by atoms with Gasteiger partial charge in [0.1, 0.15) is 11.6 Å². The largest absolute Gasteiger partial charge is 0.345 e. The van der Waals surface area contributed by atoms with Crippen LogP contribution in [0, 0.1) is 18.3 Å². The number of H-pyrrole nitrogens is 1. The number of rotatable bonds is 2. The second-order valence-electron chi connectivity index (χ2n) is 4.93. The van der Waals surface area contributed by atoms with Crippen molar-refractivity contribution in [3.05, 3.63) is 57.5 Å². The second-order valence-corrected chi connectivity index (χ2v) is 4.93. The van der Waals surface area contributed by atoms with E-state index in [1.54, 1.807) is 51.4 Å². The van der Waals surface area contributed by atoms with Crippen molar-refractivity contribution < 1.29 is 4.79 Å². The summed E-state index contributed by atoms with van der Waals surface area (Å²) in [5.41, 5.74) is 1.73. The topological polar surface area (TPSA) is 77.0 Å². The predicted molar refractivity (Wildman–Crippen MR) is 80.0 cm³/mol. The SMILES string of the molecule is Cc1cc(-c2ccccc2C(=O)N(C)C)c(C#N)c(=O)[nH]1. The van der Waals surface area contributed by atoms with Gasteiger partial charge in [-0.2, -0.15) is 5.26 Å².